The van der Waals surface area contributed by atoms with E-state index < -0.39 is 29.9 Å². The van der Waals surface area contributed by atoms with Crippen LogP contribution in [0.3, 0.4) is 0 Å². The normalized spacial score (nSPS) is 20.3. The van der Waals surface area contributed by atoms with Gasteiger partial charge in [-0.3, -0.25) is 14.5 Å². The summed E-state index contributed by atoms with van der Waals surface area (Å²) in [6.07, 6.45) is -0.669. The number of fused-ring (bicyclic) bond motifs is 2. The number of hydrogen-bond donors (Lipinski definition) is 3. The molecule has 3 atom stereocenters. The van der Waals surface area contributed by atoms with E-state index in [-0.39, 0.29) is 17.8 Å². The monoisotopic (exact) mass is 536 g/mol. The molecule has 0 fully saturated rings. The number of amides is 3. The maximum Gasteiger partial charge on any atom is 0.437 e. The fraction of sp³-hybridized carbons (Fsp3) is 0.448. The summed E-state index contributed by atoms with van der Waals surface area (Å²) in [5, 5.41) is 16.5. The Morgan fingerprint density at radius 2 is 1.87 bits per heavy atom. The van der Waals surface area contributed by atoms with Gasteiger partial charge in [-0.15, -0.1) is 4.99 Å². The fourth-order valence-electron chi connectivity index (χ4n) is 5.04. The molecule has 208 valence electrons. The molecule has 0 radical (unpaired) electrons. The topological polar surface area (TPSA) is 130 Å². The summed E-state index contributed by atoms with van der Waals surface area (Å²) in [7, 11) is 1.57. The van der Waals surface area contributed by atoms with Crippen molar-refractivity contribution in [2.45, 2.75) is 71.2 Å². The molecule has 0 saturated heterocycles. The van der Waals surface area contributed by atoms with Crippen LogP contribution in [0.5, 0.6) is 5.75 Å². The van der Waals surface area contributed by atoms with E-state index in [1.165, 1.54) is 11.8 Å². The first kappa shape index (κ1) is 28.1. The Morgan fingerprint density at radius 3 is 2.54 bits per heavy atom. The lowest BCUT2D eigenvalue weighted by Gasteiger charge is -2.35. The van der Waals surface area contributed by atoms with Gasteiger partial charge in [0.25, 0.3) is 5.91 Å². The summed E-state index contributed by atoms with van der Waals surface area (Å²) < 4.78 is 11.1. The minimum Gasteiger partial charge on any atom is -0.493 e. The van der Waals surface area contributed by atoms with Gasteiger partial charge in [-0.25, -0.2) is 4.79 Å². The van der Waals surface area contributed by atoms with Gasteiger partial charge in [-0.2, -0.15) is 0 Å². The van der Waals surface area contributed by atoms with Gasteiger partial charge in [0.1, 0.15) is 11.4 Å². The van der Waals surface area contributed by atoms with Crippen molar-refractivity contribution in [3.63, 3.8) is 0 Å². The lowest BCUT2D eigenvalue weighted by atomic mass is 9.96. The number of aliphatic hydroxyl groups is 1. The minimum absolute atomic E-state index is 0.0329. The molecule has 10 nitrogen and oxygen atoms in total. The summed E-state index contributed by atoms with van der Waals surface area (Å²) in [6, 6.07) is 9.92. The van der Waals surface area contributed by atoms with Gasteiger partial charge in [-0.05, 0) is 57.0 Å². The van der Waals surface area contributed by atoms with Crippen LogP contribution in [0.1, 0.15) is 78.8 Å². The van der Waals surface area contributed by atoms with Crippen LogP contribution in [-0.2, 0) is 16.0 Å². The number of hydrogen-bond acceptors (Lipinski definition) is 6. The average molecular weight is 537 g/mol. The van der Waals surface area contributed by atoms with E-state index in [0.29, 0.717) is 36.3 Å². The highest BCUT2D eigenvalue weighted by Gasteiger charge is 2.35. The Hall–Kier alpha value is -3.92. The van der Waals surface area contributed by atoms with Crippen molar-refractivity contribution < 1.29 is 29.0 Å². The second-order valence-corrected chi connectivity index (χ2v) is 10.9. The molecule has 3 N–H and O–H groups in total. The highest BCUT2D eigenvalue weighted by atomic mass is 16.6. The SMILES string of the molecule is CN/C(=N\C(=O)OC(C)(C)C)N(C(C)=O)[C@@H]1CCOc2ccc(C(=O)N[C@@H]3c4cc(C)ccc4C[C@H]3O)cc21. The van der Waals surface area contributed by atoms with Gasteiger partial charge in [-0.1, -0.05) is 23.8 Å². The number of aryl methyl sites for hydroxylation is 1. The fourth-order valence-corrected chi connectivity index (χ4v) is 5.04. The molecule has 0 aromatic heterocycles. The molecule has 2 aliphatic rings. The van der Waals surface area contributed by atoms with E-state index in [4.69, 9.17) is 9.47 Å². The van der Waals surface area contributed by atoms with E-state index >= 15 is 0 Å². The minimum atomic E-state index is -0.829. The molecule has 1 heterocycles. The highest BCUT2D eigenvalue weighted by molar-refractivity contribution is 6.01. The van der Waals surface area contributed by atoms with Gasteiger partial charge in [0.2, 0.25) is 11.9 Å². The molecule has 0 bridgehead atoms. The zero-order chi connectivity index (χ0) is 28.5. The van der Waals surface area contributed by atoms with Gasteiger partial charge >= 0.3 is 6.09 Å². The predicted molar refractivity (Wildman–Crippen MR) is 146 cm³/mol. The second-order valence-electron chi connectivity index (χ2n) is 10.9. The summed E-state index contributed by atoms with van der Waals surface area (Å²) in [5.74, 6) is -0.138. The molecular weight excluding hydrogens is 500 g/mol. The van der Waals surface area contributed by atoms with Gasteiger partial charge in [0.05, 0.1) is 24.8 Å². The van der Waals surface area contributed by atoms with Crippen LogP contribution in [-0.4, -0.2) is 59.2 Å². The smallest absolute Gasteiger partial charge is 0.437 e. The average Bonchev–Trinajstić information content (AvgIpc) is 3.16. The highest BCUT2D eigenvalue weighted by Crippen LogP contribution is 2.38. The van der Waals surface area contributed by atoms with Crippen LogP contribution >= 0.6 is 0 Å². The molecule has 2 aromatic rings. The first-order valence-corrected chi connectivity index (χ1v) is 13.0. The Morgan fingerprint density at radius 1 is 1.13 bits per heavy atom. The number of carbonyl (C=O) groups excluding carboxylic acids is 3. The lowest BCUT2D eigenvalue weighted by molar-refractivity contribution is -0.127. The maximum atomic E-state index is 13.4. The van der Waals surface area contributed by atoms with Crippen LogP contribution in [0.2, 0.25) is 0 Å². The number of nitrogens with one attached hydrogen (secondary N) is 2. The molecule has 0 saturated carbocycles. The molecule has 3 amide bonds. The molecule has 2 aromatic carbocycles. The number of benzene rings is 2. The Balaban J connectivity index is 1.63. The van der Waals surface area contributed by atoms with Crippen LogP contribution in [0.15, 0.2) is 41.4 Å². The largest absolute Gasteiger partial charge is 0.493 e. The lowest BCUT2D eigenvalue weighted by Crippen LogP contribution is -2.46. The van der Waals surface area contributed by atoms with Gasteiger partial charge in [0.15, 0.2) is 0 Å². The molecule has 1 aliphatic carbocycles. The number of nitrogens with zero attached hydrogens (tertiary/aromatic N) is 2. The van der Waals surface area contributed by atoms with Crippen molar-refractivity contribution in [3.05, 3.63) is 64.2 Å². The van der Waals surface area contributed by atoms with Crippen molar-refractivity contribution in [1.29, 1.82) is 0 Å². The first-order valence-electron chi connectivity index (χ1n) is 13.0. The number of rotatable bonds is 3. The van der Waals surface area contributed by atoms with Crippen LogP contribution in [0.4, 0.5) is 4.79 Å². The zero-order valence-corrected chi connectivity index (χ0v) is 23.2. The number of aliphatic imine (C=N–C) groups is 1. The molecule has 10 heteroatoms. The molecule has 39 heavy (non-hydrogen) atoms. The predicted octanol–water partition coefficient (Wildman–Crippen LogP) is 3.57. The Kier molecular flexibility index (Phi) is 7.96. The van der Waals surface area contributed by atoms with Crippen molar-refractivity contribution in [3.8, 4) is 5.75 Å². The Bertz CT molecular complexity index is 1320. The van der Waals surface area contributed by atoms with E-state index in [1.54, 1.807) is 46.0 Å². The van der Waals surface area contributed by atoms with E-state index in [1.807, 2.05) is 25.1 Å². The number of aliphatic hydroxyl groups excluding tert-OH is 1. The third-order valence-corrected chi connectivity index (χ3v) is 6.71. The molecular formula is C29H36N4O6. The Labute approximate surface area is 228 Å². The molecule has 1 aliphatic heterocycles. The summed E-state index contributed by atoms with van der Waals surface area (Å²) in [5.41, 5.74) is 3.19. The van der Waals surface area contributed by atoms with Gasteiger partial charge < -0.3 is 25.2 Å². The number of carbonyl (C=O) groups is 3. The number of ether oxygens (including phenoxy) is 2. The summed E-state index contributed by atoms with van der Waals surface area (Å²) >= 11 is 0. The maximum absolute atomic E-state index is 13.4. The van der Waals surface area contributed by atoms with Crippen molar-refractivity contribution in [2.75, 3.05) is 13.7 Å². The van der Waals surface area contributed by atoms with Crippen LogP contribution in [0.25, 0.3) is 0 Å². The van der Waals surface area contributed by atoms with Gasteiger partial charge in [0, 0.05) is 37.9 Å². The quantitative estimate of drug-likeness (QED) is 0.404. The zero-order valence-electron chi connectivity index (χ0n) is 23.2. The first-order chi connectivity index (χ1) is 18.4. The van der Waals surface area contributed by atoms with Crippen molar-refractivity contribution in [2.24, 2.45) is 4.99 Å². The molecule has 4 rings (SSSR count). The van der Waals surface area contributed by atoms with E-state index in [9.17, 15) is 19.5 Å². The van der Waals surface area contributed by atoms with E-state index in [0.717, 1.165) is 16.7 Å². The van der Waals surface area contributed by atoms with Crippen molar-refractivity contribution in [1.82, 2.24) is 15.5 Å². The summed E-state index contributed by atoms with van der Waals surface area (Å²) in [6.45, 7) is 8.88. The molecule has 0 unspecified atom stereocenters. The van der Waals surface area contributed by atoms with Crippen LogP contribution in [0, 0.1) is 6.92 Å². The second kappa shape index (κ2) is 11.1. The van der Waals surface area contributed by atoms with Crippen LogP contribution < -0.4 is 15.4 Å². The standard InChI is InChI=1S/C29H36N4O6/c1-16-7-8-18-15-23(35)25(20(18)13-16)31-26(36)19-9-10-24-21(14-19)22(11-12-38-24)33(17(2)34)27(30-6)32-28(37)39-29(3,4)5/h7-10,13-14,22-23,25,35H,11-12,15H2,1-6H3,(H,31,36)(H,30,32,37)/t22-,23-,25-/m1/s1. The molecule has 0 spiro atoms. The third-order valence-electron chi connectivity index (χ3n) is 6.71. The summed E-state index contributed by atoms with van der Waals surface area (Å²) in [4.78, 5) is 44.1. The van der Waals surface area contributed by atoms with E-state index in [2.05, 4.69) is 15.6 Å². The number of guanidine groups is 1. The van der Waals surface area contributed by atoms with Crippen molar-refractivity contribution >= 4 is 23.9 Å². The third kappa shape index (κ3) is 6.22.